The molecule has 0 saturated heterocycles. The lowest BCUT2D eigenvalue weighted by Gasteiger charge is -2.12. The zero-order valence-corrected chi connectivity index (χ0v) is 14.4. The first-order valence-corrected chi connectivity index (χ1v) is 8.84. The molecule has 0 aliphatic heterocycles. The van der Waals surface area contributed by atoms with Gasteiger partial charge in [0.15, 0.2) is 0 Å². The molecular formula is C22H16FN3O. The quantitative estimate of drug-likeness (QED) is 0.539. The molecule has 0 unspecified atom stereocenters. The molecule has 27 heavy (non-hydrogen) atoms. The lowest BCUT2D eigenvalue weighted by Crippen LogP contribution is -1.99. The van der Waals surface area contributed by atoms with Crippen molar-refractivity contribution in [2.45, 2.75) is 12.8 Å². The minimum atomic E-state index is -0.224. The molecule has 2 heterocycles. The van der Waals surface area contributed by atoms with Crippen molar-refractivity contribution < 1.29 is 4.39 Å². The van der Waals surface area contributed by atoms with Gasteiger partial charge in [-0.1, -0.05) is 18.2 Å². The van der Waals surface area contributed by atoms with Crippen molar-refractivity contribution in [2.75, 3.05) is 0 Å². The average molecular weight is 357 g/mol. The van der Waals surface area contributed by atoms with Crippen LogP contribution in [0, 0.1) is 5.82 Å². The van der Waals surface area contributed by atoms with Gasteiger partial charge in [0.1, 0.15) is 5.82 Å². The van der Waals surface area contributed by atoms with E-state index in [1.165, 1.54) is 6.07 Å². The Bertz CT molecular complexity index is 1270. The molecule has 0 fully saturated rings. The molecule has 1 aliphatic carbocycles. The number of pyridine rings is 1. The normalized spacial score (nSPS) is 14.8. The van der Waals surface area contributed by atoms with Gasteiger partial charge in [0.05, 0.1) is 11.0 Å². The van der Waals surface area contributed by atoms with E-state index in [1.54, 1.807) is 12.3 Å². The van der Waals surface area contributed by atoms with Gasteiger partial charge in [-0.15, -0.1) is 0 Å². The number of aromatic nitrogens is 3. The van der Waals surface area contributed by atoms with E-state index in [4.69, 9.17) is 0 Å². The molecule has 5 rings (SSSR count). The Kier molecular flexibility index (Phi) is 3.53. The molecule has 0 amide bonds. The first kappa shape index (κ1) is 15.8. The van der Waals surface area contributed by atoms with Gasteiger partial charge in [-0.25, -0.2) is 9.18 Å². The van der Waals surface area contributed by atoms with E-state index in [9.17, 15) is 9.18 Å². The molecule has 2 aromatic carbocycles. The van der Waals surface area contributed by atoms with Crippen LogP contribution in [0.4, 0.5) is 4.39 Å². The van der Waals surface area contributed by atoms with E-state index in [1.807, 2.05) is 30.3 Å². The van der Waals surface area contributed by atoms with Crippen molar-refractivity contribution in [3.63, 3.8) is 0 Å². The molecule has 0 saturated carbocycles. The van der Waals surface area contributed by atoms with Crippen LogP contribution < -0.4 is 5.69 Å². The van der Waals surface area contributed by atoms with Crippen LogP contribution in [0.15, 0.2) is 59.5 Å². The van der Waals surface area contributed by atoms with Crippen molar-refractivity contribution in [1.29, 1.82) is 0 Å². The fourth-order valence-electron chi connectivity index (χ4n) is 3.77. The first-order chi connectivity index (χ1) is 13.2. The van der Waals surface area contributed by atoms with Crippen LogP contribution >= 0.6 is 0 Å². The molecule has 2 N–H and O–H groups in total. The number of aromatic amines is 2. The number of imidazole rings is 1. The van der Waals surface area contributed by atoms with E-state index < -0.39 is 0 Å². The zero-order chi connectivity index (χ0) is 18.4. The maximum Gasteiger partial charge on any atom is 0.323 e. The molecule has 0 radical (unpaired) electrons. The summed E-state index contributed by atoms with van der Waals surface area (Å²) in [6.45, 7) is 0. The predicted octanol–water partition coefficient (Wildman–Crippen LogP) is 4.08. The Labute approximate surface area is 154 Å². The highest BCUT2D eigenvalue weighted by Crippen LogP contribution is 2.34. The third-order valence-electron chi connectivity index (χ3n) is 5.02. The van der Waals surface area contributed by atoms with Crippen molar-refractivity contribution in [1.82, 2.24) is 15.0 Å². The third-order valence-corrected chi connectivity index (χ3v) is 5.02. The number of fused-ring (bicyclic) bond motifs is 3. The highest BCUT2D eigenvalue weighted by molar-refractivity contribution is 5.94. The number of H-pyrrole nitrogens is 2. The minimum Gasteiger partial charge on any atom is -0.306 e. The van der Waals surface area contributed by atoms with Gasteiger partial charge in [0.25, 0.3) is 0 Å². The number of rotatable bonds is 1. The number of aryl methyl sites for hydroxylation is 2. The Morgan fingerprint density at radius 2 is 1.85 bits per heavy atom. The Balaban J connectivity index is 1.75. The number of hydrogen-bond donors (Lipinski definition) is 2. The highest BCUT2D eigenvalue weighted by atomic mass is 19.1. The SMILES string of the molecule is O=c1[nH]c2ccc(/C=C3\c4ccc(F)cc4CCc4ncccc43)cc2[nH]1. The van der Waals surface area contributed by atoms with Crippen LogP contribution in [-0.4, -0.2) is 15.0 Å². The van der Waals surface area contributed by atoms with Gasteiger partial charge < -0.3 is 9.97 Å². The van der Waals surface area contributed by atoms with Crippen LogP contribution in [0.25, 0.3) is 22.7 Å². The Morgan fingerprint density at radius 3 is 2.78 bits per heavy atom. The van der Waals surface area contributed by atoms with Gasteiger partial charge in [0, 0.05) is 17.5 Å². The second kappa shape index (κ2) is 6.06. The number of hydrogen-bond acceptors (Lipinski definition) is 2. The van der Waals surface area contributed by atoms with E-state index in [0.717, 1.165) is 57.4 Å². The molecule has 2 aromatic heterocycles. The number of halogens is 1. The van der Waals surface area contributed by atoms with E-state index >= 15 is 0 Å². The summed E-state index contributed by atoms with van der Waals surface area (Å²) in [6, 6.07) is 14.7. The van der Waals surface area contributed by atoms with Crippen molar-refractivity contribution in [3.05, 3.63) is 99.0 Å². The fraction of sp³-hybridized carbons (Fsp3) is 0.0909. The summed E-state index contributed by atoms with van der Waals surface area (Å²) in [4.78, 5) is 21.6. The summed E-state index contributed by atoms with van der Waals surface area (Å²) in [6.07, 6.45) is 5.39. The van der Waals surface area contributed by atoms with Crippen molar-refractivity contribution >= 4 is 22.7 Å². The van der Waals surface area contributed by atoms with E-state index in [0.29, 0.717) is 0 Å². The maximum atomic E-state index is 13.8. The fourth-order valence-corrected chi connectivity index (χ4v) is 3.77. The standard InChI is InChI=1S/C22H16FN3O/c23-15-5-6-16-14(12-15)4-8-19-17(2-1-9-24-19)18(16)10-13-3-7-20-21(11-13)26-22(27)25-20/h1-3,5-7,9-12H,4,8H2,(H2,25,26,27)/b18-10+. The van der Waals surface area contributed by atoms with Crippen LogP contribution in [0.3, 0.4) is 0 Å². The predicted molar refractivity (Wildman–Crippen MR) is 104 cm³/mol. The van der Waals surface area contributed by atoms with Gasteiger partial charge in [-0.05, 0) is 71.5 Å². The molecular weight excluding hydrogens is 341 g/mol. The average Bonchev–Trinajstić information content (AvgIpc) is 2.97. The highest BCUT2D eigenvalue weighted by Gasteiger charge is 2.19. The summed E-state index contributed by atoms with van der Waals surface area (Å²) in [5.41, 5.74) is 7.35. The number of nitrogens with one attached hydrogen (secondary N) is 2. The largest absolute Gasteiger partial charge is 0.323 e. The van der Waals surface area contributed by atoms with Gasteiger partial charge in [-0.3, -0.25) is 4.98 Å². The summed E-state index contributed by atoms with van der Waals surface area (Å²) < 4.78 is 13.8. The lowest BCUT2D eigenvalue weighted by atomic mass is 9.93. The second-order valence-corrected chi connectivity index (χ2v) is 6.74. The van der Waals surface area contributed by atoms with Gasteiger partial charge in [0.2, 0.25) is 0 Å². The maximum absolute atomic E-state index is 13.8. The molecule has 0 atom stereocenters. The Morgan fingerprint density at radius 1 is 0.963 bits per heavy atom. The monoisotopic (exact) mass is 357 g/mol. The number of nitrogens with zero attached hydrogens (tertiary/aromatic N) is 1. The van der Waals surface area contributed by atoms with Crippen LogP contribution in [-0.2, 0) is 12.8 Å². The lowest BCUT2D eigenvalue weighted by molar-refractivity contribution is 0.625. The number of benzene rings is 2. The summed E-state index contributed by atoms with van der Waals surface area (Å²) in [7, 11) is 0. The molecule has 4 nitrogen and oxygen atoms in total. The van der Waals surface area contributed by atoms with Crippen molar-refractivity contribution in [2.24, 2.45) is 0 Å². The van der Waals surface area contributed by atoms with Crippen LogP contribution in [0.1, 0.15) is 27.9 Å². The summed E-state index contributed by atoms with van der Waals surface area (Å²) in [5, 5.41) is 0. The summed E-state index contributed by atoms with van der Waals surface area (Å²) in [5.74, 6) is -0.224. The molecule has 0 bridgehead atoms. The third kappa shape index (κ3) is 2.77. The van der Waals surface area contributed by atoms with Gasteiger partial charge in [-0.2, -0.15) is 0 Å². The minimum absolute atomic E-state index is 0.223. The topological polar surface area (TPSA) is 61.5 Å². The molecule has 132 valence electrons. The Hall–Kier alpha value is -3.47. The van der Waals surface area contributed by atoms with Crippen LogP contribution in [0.5, 0.6) is 0 Å². The van der Waals surface area contributed by atoms with E-state index in [-0.39, 0.29) is 11.5 Å². The summed E-state index contributed by atoms with van der Waals surface area (Å²) >= 11 is 0. The zero-order valence-electron chi connectivity index (χ0n) is 14.4. The van der Waals surface area contributed by atoms with Gasteiger partial charge >= 0.3 is 5.69 Å². The molecule has 5 heteroatoms. The van der Waals surface area contributed by atoms with Crippen LogP contribution in [0.2, 0.25) is 0 Å². The smallest absolute Gasteiger partial charge is 0.306 e. The molecule has 4 aromatic rings. The molecule has 0 spiro atoms. The molecule has 1 aliphatic rings. The second-order valence-electron chi connectivity index (χ2n) is 6.74. The first-order valence-electron chi connectivity index (χ1n) is 8.84. The van der Waals surface area contributed by atoms with E-state index in [2.05, 4.69) is 27.1 Å². The van der Waals surface area contributed by atoms with Crippen molar-refractivity contribution in [3.8, 4) is 0 Å².